The van der Waals surface area contributed by atoms with E-state index in [2.05, 4.69) is 42.5 Å². The largest absolute Gasteiger partial charge is 0.356 e. The average molecular weight is 415 g/mol. The van der Waals surface area contributed by atoms with Crippen LogP contribution >= 0.6 is 11.6 Å². The topological polar surface area (TPSA) is 67.1 Å². The normalized spacial score (nSPS) is 18.1. The number of nitrogens with zero attached hydrogens (tertiary/aromatic N) is 4. The molecule has 2 N–H and O–H groups in total. The summed E-state index contributed by atoms with van der Waals surface area (Å²) in [4.78, 5) is 4.38. The fraction of sp³-hybridized carbons (Fsp3) is 0.591. The Kier molecular flexibility index (Phi) is 6.38. The van der Waals surface area contributed by atoms with Gasteiger partial charge in [0, 0.05) is 50.0 Å². The molecule has 1 aromatic heterocycles. The average Bonchev–Trinajstić information content (AvgIpc) is 3.48. The van der Waals surface area contributed by atoms with E-state index in [0.717, 1.165) is 55.7 Å². The molecule has 29 heavy (non-hydrogen) atoms. The molecule has 0 unspecified atom stereocenters. The summed E-state index contributed by atoms with van der Waals surface area (Å²) >= 11 is 6.18. The fourth-order valence-corrected chi connectivity index (χ4v) is 4.38. The summed E-state index contributed by atoms with van der Waals surface area (Å²) in [6, 6.07) is 8.24. The van der Waals surface area contributed by atoms with Crippen LogP contribution in [0.3, 0.4) is 0 Å². The maximum absolute atomic E-state index is 6.18. The lowest BCUT2D eigenvalue weighted by Crippen LogP contribution is -2.41. The van der Waals surface area contributed by atoms with E-state index in [9.17, 15) is 0 Å². The van der Waals surface area contributed by atoms with Gasteiger partial charge in [-0.1, -0.05) is 30.2 Å². The van der Waals surface area contributed by atoms with E-state index in [1.807, 2.05) is 19.2 Å². The van der Waals surface area contributed by atoms with Crippen LogP contribution in [0.25, 0.3) is 0 Å². The highest BCUT2D eigenvalue weighted by Gasteiger charge is 2.44. The monoisotopic (exact) mass is 414 g/mol. The Bertz CT molecular complexity index is 855. The Balaban J connectivity index is 1.23. The van der Waals surface area contributed by atoms with Crippen molar-refractivity contribution in [1.82, 2.24) is 25.4 Å². The summed E-state index contributed by atoms with van der Waals surface area (Å²) in [5.74, 6) is 3.15. The van der Waals surface area contributed by atoms with Crippen LogP contribution in [0.4, 0.5) is 0 Å². The number of guanidine groups is 1. The molecule has 1 fully saturated rings. The molecular formula is C22H31ClN6. The first-order valence-corrected chi connectivity index (χ1v) is 11.2. The van der Waals surface area contributed by atoms with Gasteiger partial charge in [-0.2, -0.15) is 0 Å². The zero-order valence-corrected chi connectivity index (χ0v) is 18.0. The molecule has 6 nitrogen and oxygen atoms in total. The van der Waals surface area contributed by atoms with E-state index in [-0.39, 0.29) is 5.41 Å². The van der Waals surface area contributed by atoms with Gasteiger partial charge in [-0.25, -0.2) is 0 Å². The SMILES string of the molecule is CN=C(NCCCc1nnc2n1CCCCC2)NCC1(c2cccc(Cl)c2)CC1. The van der Waals surface area contributed by atoms with Crippen LogP contribution in [0.2, 0.25) is 5.02 Å². The number of hydrogen-bond acceptors (Lipinski definition) is 3. The number of benzene rings is 1. The van der Waals surface area contributed by atoms with Crippen LogP contribution in [-0.4, -0.2) is 40.9 Å². The molecule has 2 aliphatic rings. The van der Waals surface area contributed by atoms with Crippen molar-refractivity contribution >= 4 is 17.6 Å². The van der Waals surface area contributed by atoms with E-state index in [0.29, 0.717) is 0 Å². The van der Waals surface area contributed by atoms with Crippen molar-refractivity contribution in [1.29, 1.82) is 0 Å². The summed E-state index contributed by atoms with van der Waals surface area (Å²) in [5.41, 5.74) is 1.52. The Hall–Kier alpha value is -2.08. The summed E-state index contributed by atoms with van der Waals surface area (Å²) in [6.07, 6.45) is 9.17. The van der Waals surface area contributed by atoms with Crippen molar-refractivity contribution in [3.8, 4) is 0 Å². The second kappa shape index (κ2) is 9.16. The molecule has 1 aliphatic heterocycles. The number of hydrogen-bond donors (Lipinski definition) is 2. The molecule has 2 aromatic rings. The molecule has 156 valence electrons. The molecule has 0 atom stereocenters. The highest BCUT2D eigenvalue weighted by Crippen LogP contribution is 2.48. The molecule has 0 saturated heterocycles. The first kappa shape index (κ1) is 20.2. The van der Waals surface area contributed by atoms with Crippen molar-refractivity contribution in [3.05, 3.63) is 46.5 Å². The molecule has 0 amide bonds. The predicted molar refractivity (Wildman–Crippen MR) is 118 cm³/mol. The van der Waals surface area contributed by atoms with Gasteiger partial charge in [-0.3, -0.25) is 4.99 Å². The summed E-state index contributed by atoms with van der Waals surface area (Å²) in [5, 5.41) is 16.6. The van der Waals surface area contributed by atoms with Gasteiger partial charge in [0.25, 0.3) is 0 Å². The van der Waals surface area contributed by atoms with Crippen LogP contribution < -0.4 is 10.6 Å². The first-order chi connectivity index (χ1) is 14.2. The maximum atomic E-state index is 6.18. The van der Waals surface area contributed by atoms with Gasteiger partial charge < -0.3 is 15.2 Å². The van der Waals surface area contributed by atoms with Crippen LogP contribution in [0.1, 0.15) is 55.7 Å². The quantitative estimate of drug-likeness (QED) is 0.413. The Morgan fingerprint density at radius 3 is 2.90 bits per heavy atom. The minimum atomic E-state index is 0.196. The van der Waals surface area contributed by atoms with E-state index < -0.39 is 0 Å². The summed E-state index contributed by atoms with van der Waals surface area (Å²) < 4.78 is 2.34. The highest BCUT2D eigenvalue weighted by atomic mass is 35.5. The molecule has 1 saturated carbocycles. The van der Waals surface area contributed by atoms with Gasteiger partial charge in [0.2, 0.25) is 0 Å². The van der Waals surface area contributed by atoms with Crippen LogP contribution in [0, 0.1) is 0 Å². The standard InChI is InChI=1S/C22H31ClN6/c1-24-21(26-16-22(11-12-22)17-7-5-8-18(23)15-17)25-13-6-10-20-28-27-19-9-3-2-4-14-29(19)20/h5,7-8,15H,2-4,6,9-14,16H2,1H3,(H2,24,25,26). The number of aromatic nitrogens is 3. The van der Waals surface area contributed by atoms with Crippen molar-refractivity contribution in [3.63, 3.8) is 0 Å². The third kappa shape index (κ3) is 4.92. The predicted octanol–water partition coefficient (Wildman–Crippen LogP) is 3.49. The smallest absolute Gasteiger partial charge is 0.191 e. The first-order valence-electron chi connectivity index (χ1n) is 10.8. The Labute approximate surface area is 178 Å². The minimum Gasteiger partial charge on any atom is -0.356 e. The zero-order valence-electron chi connectivity index (χ0n) is 17.3. The molecular weight excluding hydrogens is 384 g/mol. The van der Waals surface area contributed by atoms with Crippen LogP contribution in [0.5, 0.6) is 0 Å². The van der Waals surface area contributed by atoms with Gasteiger partial charge in [-0.05, 0) is 49.8 Å². The van der Waals surface area contributed by atoms with Crippen molar-refractivity contribution in [2.75, 3.05) is 20.1 Å². The second-order valence-corrected chi connectivity index (χ2v) is 8.68. The fourth-order valence-electron chi connectivity index (χ4n) is 4.19. The van der Waals surface area contributed by atoms with E-state index >= 15 is 0 Å². The number of nitrogens with one attached hydrogen (secondary N) is 2. The molecule has 0 radical (unpaired) electrons. The number of rotatable bonds is 7. The molecule has 2 heterocycles. The third-order valence-electron chi connectivity index (χ3n) is 6.16. The lowest BCUT2D eigenvalue weighted by atomic mass is 9.96. The van der Waals surface area contributed by atoms with E-state index in [1.54, 1.807) is 0 Å². The third-order valence-corrected chi connectivity index (χ3v) is 6.40. The van der Waals surface area contributed by atoms with Crippen molar-refractivity contribution in [2.45, 2.75) is 63.3 Å². The Morgan fingerprint density at radius 1 is 1.21 bits per heavy atom. The van der Waals surface area contributed by atoms with Crippen LogP contribution in [-0.2, 0) is 24.8 Å². The minimum absolute atomic E-state index is 0.196. The summed E-state index contributed by atoms with van der Waals surface area (Å²) in [6.45, 7) is 2.82. The lowest BCUT2D eigenvalue weighted by Gasteiger charge is -2.19. The zero-order chi connectivity index (χ0) is 20.1. The van der Waals surface area contributed by atoms with Gasteiger partial charge in [0.05, 0.1) is 0 Å². The van der Waals surface area contributed by atoms with Gasteiger partial charge in [0.15, 0.2) is 5.96 Å². The highest BCUT2D eigenvalue weighted by molar-refractivity contribution is 6.30. The number of halogens is 1. The number of aryl methyl sites for hydroxylation is 2. The van der Waals surface area contributed by atoms with E-state index in [1.165, 1.54) is 43.5 Å². The molecule has 0 bridgehead atoms. The van der Waals surface area contributed by atoms with Gasteiger partial charge in [-0.15, -0.1) is 10.2 Å². The number of aliphatic imine (C=N–C) groups is 1. The molecule has 4 rings (SSSR count). The van der Waals surface area contributed by atoms with Crippen molar-refractivity contribution in [2.24, 2.45) is 4.99 Å². The molecule has 1 aromatic carbocycles. The lowest BCUT2D eigenvalue weighted by molar-refractivity contribution is 0.592. The van der Waals surface area contributed by atoms with E-state index in [4.69, 9.17) is 11.6 Å². The van der Waals surface area contributed by atoms with Gasteiger partial charge in [0.1, 0.15) is 11.6 Å². The Morgan fingerprint density at radius 2 is 2.10 bits per heavy atom. The van der Waals surface area contributed by atoms with Crippen molar-refractivity contribution < 1.29 is 0 Å². The molecule has 1 aliphatic carbocycles. The number of fused-ring (bicyclic) bond motifs is 1. The summed E-state index contributed by atoms with van der Waals surface area (Å²) in [7, 11) is 1.83. The van der Waals surface area contributed by atoms with Crippen LogP contribution in [0.15, 0.2) is 29.3 Å². The maximum Gasteiger partial charge on any atom is 0.191 e. The molecule has 0 spiro atoms. The molecule has 7 heteroatoms. The second-order valence-electron chi connectivity index (χ2n) is 8.24. The van der Waals surface area contributed by atoms with Gasteiger partial charge >= 0.3 is 0 Å².